The Balaban J connectivity index is 1.87. The Morgan fingerprint density at radius 2 is 2.29 bits per heavy atom. The van der Waals surface area contributed by atoms with E-state index in [2.05, 4.69) is 24.1 Å². The third kappa shape index (κ3) is 0.829. The van der Waals surface area contributed by atoms with Crippen molar-refractivity contribution in [3.05, 3.63) is 0 Å². The first-order chi connectivity index (χ1) is 6.65. The Morgan fingerprint density at radius 1 is 1.50 bits per heavy atom. The average molecular weight is 194 g/mol. The highest BCUT2D eigenvalue weighted by molar-refractivity contribution is 5.93. The van der Waals surface area contributed by atoms with E-state index in [0.717, 1.165) is 26.2 Å². The Bertz CT molecular complexity index is 289. The number of nitrogens with one attached hydrogen (secondary N) is 1. The highest BCUT2D eigenvalue weighted by Gasteiger charge is 2.67. The summed E-state index contributed by atoms with van der Waals surface area (Å²) in [5, 5.41) is 3.39. The number of ketones is 1. The lowest BCUT2D eigenvalue weighted by Crippen LogP contribution is -2.56. The van der Waals surface area contributed by atoms with Crippen LogP contribution in [0, 0.1) is 17.3 Å². The summed E-state index contributed by atoms with van der Waals surface area (Å²) in [6.07, 6.45) is 0. The number of hydrogen-bond acceptors (Lipinski definition) is 3. The van der Waals surface area contributed by atoms with Gasteiger partial charge in [-0.15, -0.1) is 0 Å². The SMILES string of the molecule is CC(C)N1CC2C(=O)C3CNCC32C1. The second-order valence-electron chi connectivity index (χ2n) is 5.39. The lowest BCUT2D eigenvalue weighted by atomic mass is 9.55. The van der Waals surface area contributed by atoms with Crippen LogP contribution in [-0.2, 0) is 4.79 Å². The fraction of sp³-hybridized carbons (Fsp3) is 0.909. The number of carbonyl (C=O) groups is 1. The molecule has 0 amide bonds. The summed E-state index contributed by atoms with van der Waals surface area (Å²) in [7, 11) is 0. The lowest BCUT2D eigenvalue weighted by molar-refractivity contribution is -0.145. The monoisotopic (exact) mass is 194 g/mol. The highest BCUT2D eigenvalue weighted by atomic mass is 16.1. The van der Waals surface area contributed by atoms with Crippen LogP contribution in [0.3, 0.4) is 0 Å². The Hall–Kier alpha value is -0.410. The molecule has 3 atom stereocenters. The first-order valence-corrected chi connectivity index (χ1v) is 5.63. The predicted octanol–water partition coefficient (Wildman–Crippen LogP) is 0.115. The minimum absolute atomic E-state index is 0.335. The molecule has 3 unspecified atom stereocenters. The van der Waals surface area contributed by atoms with Gasteiger partial charge in [-0.3, -0.25) is 9.69 Å². The van der Waals surface area contributed by atoms with E-state index in [0.29, 0.717) is 29.1 Å². The summed E-state index contributed by atoms with van der Waals surface area (Å²) >= 11 is 0. The second kappa shape index (κ2) is 2.58. The summed E-state index contributed by atoms with van der Waals surface area (Å²) in [5.74, 6) is 1.22. The molecule has 3 nitrogen and oxygen atoms in total. The van der Waals surface area contributed by atoms with Gasteiger partial charge in [0.2, 0.25) is 0 Å². The van der Waals surface area contributed by atoms with Crippen molar-refractivity contribution >= 4 is 5.78 Å². The molecular formula is C11H18N2O. The molecule has 0 aromatic carbocycles. The predicted molar refractivity (Wildman–Crippen MR) is 54.0 cm³/mol. The minimum atomic E-state index is 0.335. The van der Waals surface area contributed by atoms with Gasteiger partial charge in [-0.05, 0) is 13.8 Å². The van der Waals surface area contributed by atoms with Gasteiger partial charge in [-0.2, -0.15) is 0 Å². The van der Waals surface area contributed by atoms with Crippen molar-refractivity contribution in [1.29, 1.82) is 0 Å². The molecule has 78 valence electrons. The van der Waals surface area contributed by atoms with Crippen molar-refractivity contribution in [3.8, 4) is 0 Å². The van der Waals surface area contributed by atoms with Crippen LogP contribution in [0.5, 0.6) is 0 Å². The summed E-state index contributed by atoms with van der Waals surface area (Å²) in [4.78, 5) is 14.3. The highest BCUT2D eigenvalue weighted by Crippen LogP contribution is 2.55. The van der Waals surface area contributed by atoms with Gasteiger partial charge in [0.05, 0.1) is 0 Å². The van der Waals surface area contributed by atoms with Gasteiger partial charge >= 0.3 is 0 Å². The van der Waals surface area contributed by atoms with Crippen LogP contribution in [0.2, 0.25) is 0 Å². The lowest BCUT2D eigenvalue weighted by Gasteiger charge is -2.44. The van der Waals surface area contributed by atoms with Gasteiger partial charge in [0.1, 0.15) is 5.78 Å². The van der Waals surface area contributed by atoms with Crippen LogP contribution in [0.25, 0.3) is 0 Å². The fourth-order valence-corrected chi connectivity index (χ4v) is 3.57. The molecule has 3 heteroatoms. The van der Waals surface area contributed by atoms with Crippen LogP contribution < -0.4 is 5.32 Å². The third-order valence-electron chi connectivity index (χ3n) is 4.52. The molecule has 1 saturated carbocycles. The number of Topliss-reactive ketones (excluding diaryl/α,β-unsaturated/α-hetero) is 1. The largest absolute Gasteiger partial charge is 0.315 e. The van der Waals surface area contributed by atoms with Gasteiger partial charge in [0.15, 0.2) is 0 Å². The Labute approximate surface area is 84.8 Å². The number of rotatable bonds is 1. The zero-order valence-corrected chi connectivity index (χ0v) is 8.92. The van der Waals surface area contributed by atoms with E-state index in [4.69, 9.17) is 0 Å². The number of likely N-dealkylation sites (tertiary alicyclic amines) is 1. The van der Waals surface area contributed by atoms with Gasteiger partial charge in [0.25, 0.3) is 0 Å². The van der Waals surface area contributed by atoms with Crippen molar-refractivity contribution in [1.82, 2.24) is 10.2 Å². The van der Waals surface area contributed by atoms with Gasteiger partial charge in [-0.1, -0.05) is 0 Å². The quantitative estimate of drug-likeness (QED) is 0.643. The van der Waals surface area contributed by atoms with Gasteiger partial charge in [-0.25, -0.2) is 0 Å². The van der Waals surface area contributed by atoms with Crippen LogP contribution >= 0.6 is 0 Å². The smallest absolute Gasteiger partial charge is 0.142 e. The molecule has 0 aromatic heterocycles. The molecule has 1 spiro atoms. The van der Waals surface area contributed by atoms with Crippen molar-refractivity contribution in [3.63, 3.8) is 0 Å². The maximum Gasteiger partial charge on any atom is 0.142 e. The van der Waals surface area contributed by atoms with Crippen LogP contribution in [0.4, 0.5) is 0 Å². The number of carbonyl (C=O) groups excluding carboxylic acids is 1. The normalized spacial score (nSPS) is 46.6. The molecular weight excluding hydrogens is 176 g/mol. The molecule has 0 aromatic rings. The minimum Gasteiger partial charge on any atom is -0.315 e. The van der Waals surface area contributed by atoms with Crippen molar-refractivity contribution in [2.75, 3.05) is 26.2 Å². The van der Waals surface area contributed by atoms with Crippen LogP contribution in [-0.4, -0.2) is 42.9 Å². The standard InChI is InChI=1S/C11H18N2O/c1-7(2)13-4-9-10(14)8-3-12-5-11(8,9)6-13/h7-9,12H,3-6H2,1-2H3. The summed E-state index contributed by atoms with van der Waals surface area (Å²) in [6.45, 7) is 8.60. The summed E-state index contributed by atoms with van der Waals surface area (Å²) < 4.78 is 0. The molecule has 2 aliphatic heterocycles. The zero-order valence-electron chi connectivity index (χ0n) is 8.92. The Kier molecular flexibility index (Phi) is 1.63. The van der Waals surface area contributed by atoms with E-state index in [1.807, 2.05) is 0 Å². The molecule has 1 aliphatic carbocycles. The molecule has 3 rings (SSSR count). The number of nitrogens with zero attached hydrogens (tertiary/aromatic N) is 1. The second-order valence-corrected chi connectivity index (χ2v) is 5.39. The molecule has 3 fully saturated rings. The molecule has 2 heterocycles. The van der Waals surface area contributed by atoms with E-state index < -0.39 is 0 Å². The molecule has 14 heavy (non-hydrogen) atoms. The maximum atomic E-state index is 11.8. The molecule has 3 aliphatic rings. The first kappa shape index (κ1) is 8.86. The van der Waals surface area contributed by atoms with Crippen molar-refractivity contribution in [2.24, 2.45) is 17.3 Å². The van der Waals surface area contributed by atoms with Crippen molar-refractivity contribution in [2.45, 2.75) is 19.9 Å². The first-order valence-electron chi connectivity index (χ1n) is 5.63. The molecule has 0 radical (unpaired) electrons. The zero-order chi connectivity index (χ0) is 9.92. The average Bonchev–Trinajstić information content (AvgIpc) is 2.68. The molecule has 1 N–H and O–H groups in total. The van der Waals surface area contributed by atoms with E-state index >= 15 is 0 Å². The van der Waals surface area contributed by atoms with E-state index in [9.17, 15) is 4.79 Å². The fourth-order valence-electron chi connectivity index (χ4n) is 3.57. The Morgan fingerprint density at radius 3 is 3.00 bits per heavy atom. The van der Waals surface area contributed by atoms with E-state index in [1.165, 1.54) is 0 Å². The van der Waals surface area contributed by atoms with Gasteiger partial charge < -0.3 is 5.32 Å². The van der Waals surface area contributed by atoms with Crippen LogP contribution in [0.1, 0.15) is 13.8 Å². The molecule has 2 saturated heterocycles. The van der Waals surface area contributed by atoms with Crippen LogP contribution in [0.15, 0.2) is 0 Å². The topological polar surface area (TPSA) is 32.3 Å². The van der Waals surface area contributed by atoms with Gasteiger partial charge in [0, 0.05) is 49.5 Å². The number of hydrogen-bond donors (Lipinski definition) is 1. The maximum absolute atomic E-state index is 11.8. The van der Waals surface area contributed by atoms with E-state index in [1.54, 1.807) is 0 Å². The summed E-state index contributed by atoms with van der Waals surface area (Å²) in [6, 6.07) is 0.587. The third-order valence-corrected chi connectivity index (χ3v) is 4.52. The van der Waals surface area contributed by atoms with Crippen molar-refractivity contribution < 1.29 is 4.79 Å². The molecule has 0 bridgehead atoms. The van der Waals surface area contributed by atoms with E-state index in [-0.39, 0.29) is 0 Å². The summed E-state index contributed by atoms with van der Waals surface area (Å²) in [5.41, 5.74) is 0.335.